The number of nitrogens with zero attached hydrogens (tertiary/aromatic N) is 1. The van der Waals surface area contributed by atoms with Gasteiger partial charge < -0.3 is 29.2 Å². The molecule has 47 heavy (non-hydrogen) atoms. The molecule has 1 aliphatic carbocycles. The molecule has 0 radical (unpaired) electrons. The van der Waals surface area contributed by atoms with E-state index in [9.17, 15) is 14.4 Å². The van der Waals surface area contributed by atoms with Crippen LogP contribution in [0.25, 0.3) is 10.9 Å². The number of methoxy groups -OCH3 is 3. The maximum Gasteiger partial charge on any atom is 0.338 e. The van der Waals surface area contributed by atoms with Gasteiger partial charge in [-0.05, 0) is 79.8 Å². The highest BCUT2D eigenvalue weighted by molar-refractivity contribution is 6.02. The predicted octanol–water partition coefficient (Wildman–Crippen LogP) is 6.53. The van der Waals surface area contributed by atoms with Crippen molar-refractivity contribution in [1.82, 2.24) is 10.3 Å². The van der Waals surface area contributed by atoms with Gasteiger partial charge in [-0.25, -0.2) is 4.79 Å². The summed E-state index contributed by atoms with van der Waals surface area (Å²) in [6, 6.07) is 16.8. The van der Waals surface area contributed by atoms with Crippen LogP contribution >= 0.6 is 0 Å². The van der Waals surface area contributed by atoms with E-state index in [1.165, 1.54) is 26.2 Å². The minimum atomic E-state index is -1.09. The summed E-state index contributed by atoms with van der Waals surface area (Å²) >= 11 is 0. The third-order valence-corrected chi connectivity index (χ3v) is 8.67. The Balaban J connectivity index is 1.60. The summed E-state index contributed by atoms with van der Waals surface area (Å²) in [5, 5.41) is 4.28. The first kappa shape index (κ1) is 33.4. The fourth-order valence-corrected chi connectivity index (χ4v) is 6.31. The van der Waals surface area contributed by atoms with Crippen LogP contribution in [0.1, 0.15) is 73.0 Å². The predicted molar refractivity (Wildman–Crippen MR) is 180 cm³/mol. The summed E-state index contributed by atoms with van der Waals surface area (Å²) in [5.74, 6) is 0.0498. The van der Waals surface area contributed by atoms with Crippen molar-refractivity contribution in [1.29, 1.82) is 0 Å². The number of nitrogens with one attached hydrogen (secondary N) is 2. The number of para-hydroxylation sites is 1. The molecule has 0 unspecified atom stereocenters. The number of fused-ring (bicyclic) bond motifs is 1. The molecular weight excluding hydrogens is 598 g/mol. The fourth-order valence-electron chi connectivity index (χ4n) is 6.31. The number of ether oxygens (including phenoxy) is 4. The first-order valence-corrected chi connectivity index (χ1v) is 16.1. The Kier molecular flexibility index (Phi) is 11.0. The molecule has 0 spiro atoms. The highest BCUT2D eigenvalue weighted by Gasteiger charge is 2.35. The van der Waals surface area contributed by atoms with Gasteiger partial charge in [0.1, 0.15) is 6.04 Å². The van der Waals surface area contributed by atoms with Crippen molar-refractivity contribution in [3.05, 3.63) is 83.6 Å². The van der Waals surface area contributed by atoms with Crippen molar-refractivity contribution in [2.75, 3.05) is 32.8 Å². The van der Waals surface area contributed by atoms with Crippen LogP contribution in [0.15, 0.2) is 66.9 Å². The van der Waals surface area contributed by atoms with E-state index >= 15 is 0 Å². The molecule has 248 valence electrons. The molecule has 1 saturated carbocycles. The van der Waals surface area contributed by atoms with E-state index in [0.717, 1.165) is 48.6 Å². The van der Waals surface area contributed by atoms with Gasteiger partial charge in [0.15, 0.2) is 11.5 Å². The highest BCUT2D eigenvalue weighted by Crippen LogP contribution is 2.42. The van der Waals surface area contributed by atoms with Crippen molar-refractivity contribution < 1.29 is 33.3 Å². The van der Waals surface area contributed by atoms with Gasteiger partial charge in [-0.15, -0.1) is 0 Å². The molecule has 1 aromatic heterocycles. The number of carbonyl (C=O) groups is 3. The summed E-state index contributed by atoms with van der Waals surface area (Å²) in [7, 11) is 4.53. The third kappa shape index (κ3) is 7.53. The number of benzene rings is 3. The van der Waals surface area contributed by atoms with Crippen molar-refractivity contribution in [2.24, 2.45) is 0 Å². The molecule has 0 bridgehead atoms. The minimum absolute atomic E-state index is 0.00449. The van der Waals surface area contributed by atoms with Crippen LogP contribution in [0.2, 0.25) is 0 Å². The van der Waals surface area contributed by atoms with Crippen molar-refractivity contribution in [3.8, 4) is 17.2 Å². The molecule has 1 heterocycles. The van der Waals surface area contributed by atoms with Gasteiger partial charge in [0.2, 0.25) is 17.6 Å². The van der Waals surface area contributed by atoms with Gasteiger partial charge in [0.05, 0.1) is 33.5 Å². The number of H-pyrrole nitrogens is 1. The van der Waals surface area contributed by atoms with E-state index in [0.29, 0.717) is 40.5 Å². The van der Waals surface area contributed by atoms with Crippen LogP contribution < -0.4 is 24.4 Å². The van der Waals surface area contributed by atoms with Crippen LogP contribution in [0.4, 0.5) is 5.69 Å². The van der Waals surface area contributed by atoms with Crippen molar-refractivity contribution in [3.63, 3.8) is 0 Å². The van der Waals surface area contributed by atoms with Crippen molar-refractivity contribution in [2.45, 2.75) is 64.0 Å². The molecule has 1 aliphatic rings. The average Bonchev–Trinajstić information content (AvgIpc) is 3.52. The smallest absolute Gasteiger partial charge is 0.338 e. The standard InChI is InChI=1S/C37H43N3O7/c1-5-47-37(43)24-15-18-28(19-16-24)40(33(41)20-17-25-23-38-30-14-10-9-13-29(25)30)34(36(42)39-27-11-7-6-8-12-27)26-21-31(44-2)35(46-4)32(22-26)45-3/h9-10,13-16,18-19,21-23,27,34,38H,5-8,11-12,17,20H2,1-4H3,(H,39,42)/t34-/m0/s1. The van der Waals surface area contributed by atoms with Gasteiger partial charge >= 0.3 is 5.97 Å². The van der Waals surface area contributed by atoms with E-state index in [1.54, 1.807) is 43.3 Å². The average molecular weight is 642 g/mol. The van der Waals surface area contributed by atoms with Crippen LogP contribution in [-0.2, 0) is 20.7 Å². The van der Waals surface area contributed by atoms with E-state index in [2.05, 4.69) is 10.3 Å². The number of anilines is 1. The second-order valence-corrected chi connectivity index (χ2v) is 11.6. The van der Waals surface area contributed by atoms with Gasteiger partial charge in [0.25, 0.3) is 0 Å². The summed E-state index contributed by atoms with van der Waals surface area (Å²) in [5.41, 5.74) is 3.28. The number of rotatable bonds is 13. The monoisotopic (exact) mass is 641 g/mol. The summed E-state index contributed by atoms with van der Waals surface area (Å²) in [4.78, 5) is 46.2. The summed E-state index contributed by atoms with van der Waals surface area (Å²) in [6.45, 7) is 1.98. The van der Waals surface area contributed by atoms with Crippen LogP contribution in [0, 0.1) is 0 Å². The molecule has 3 aromatic carbocycles. The SMILES string of the molecule is CCOC(=O)c1ccc(N(C(=O)CCc2c[nH]c3ccccc23)[C@H](C(=O)NC2CCCCC2)c2cc(OC)c(OC)c(OC)c2)cc1. The molecule has 5 rings (SSSR count). The Morgan fingerprint density at radius 2 is 1.60 bits per heavy atom. The summed E-state index contributed by atoms with van der Waals surface area (Å²) < 4.78 is 22.0. The molecular formula is C37H43N3O7. The molecule has 0 aliphatic heterocycles. The van der Waals surface area contributed by atoms with E-state index < -0.39 is 12.0 Å². The first-order valence-electron chi connectivity index (χ1n) is 16.1. The Morgan fingerprint density at radius 3 is 2.23 bits per heavy atom. The molecule has 1 fully saturated rings. The molecule has 2 amide bonds. The zero-order chi connectivity index (χ0) is 33.3. The number of hydrogen-bond acceptors (Lipinski definition) is 7. The maximum atomic E-state index is 14.5. The van der Waals surface area contributed by atoms with Crippen molar-refractivity contribution >= 4 is 34.4 Å². The zero-order valence-electron chi connectivity index (χ0n) is 27.5. The highest BCUT2D eigenvalue weighted by atomic mass is 16.5. The Hall–Kier alpha value is -4.99. The normalized spacial score (nSPS) is 13.9. The first-order chi connectivity index (χ1) is 22.9. The fraction of sp³-hybridized carbons (Fsp3) is 0.378. The molecule has 1 atom stereocenters. The summed E-state index contributed by atoms with van der Waals surface area (Å²) in [6.07, 6.45) is 7.43. The van der Waals surface area contributed by atoms with E-state index in [4.69, 9.17) is 18.9 Å². The van der Waals surface area contributed by atoms with Crippen LogP contribution in [-0.4, -0.2) is 56.7 Å². The van der Waals surface area contributed by atoms with E-state index in [-0.39, 0.29) is 30.9 Å². The van der Waals surface area contributed by atoms with Crippen LogP contribution in [0.5, 0.6) is 17.2 Å². The van der Waals surface area contributed by atoms with Crippen LogP contribution in [0.3, 0.4) is 0 Å². The number of esters is 1. The Labute approximate surface area is 275 Å². The molecule has 4 aromatic rings. The zero-order valence-corrected chi connectivity index (χ0v) is 27.5. The van der Waals surface area contributed by atoms with Gasteiger partial charge in [-0.1, -0.05) is 37.5 Å². The van der Waals surface area contributed by atoms with Gasteiger partial charge in [-0.2, -0.15) is 0 Å². The minimum Gasteiger partial charge on any atom is -0.493 e. The number of hydrogen-bond donors (Lipinski definition) is 2. The second kappa shape index (κ2) is 15.5. The Morgan fingerprint density at radius 1 is 0.915 bits per heavy atom. The second-order valence-electron chi connectivity index (χ2n) is 11.6. The largest absolute Gasteiger partial charge is 0.493 e. The number of aromatic amines is 1. The molecule has 0 saturated heterocycles. The maximum absolute atomic E-state index is 14.5. The number of aryl methyl sites for hydroxylation is 1. The lowest BCUT2D eigenvalue weighted by atomic mass is 9.94. The molecule has 2 N–H and O–H groups in total. The number of amides is 2. The molecule has 10 heteroatoms. The lowest BCUT2D eigenvalue weighted by Gasteiger charge is -2.34. The quantitative estimate of drug-likeness (QED) is 0.159. The van der Waals surface area contributed by atoms with E-state index in [1.807, 2.05) is 30.5 Å². The molecule has 10 nitrogen and oxygen atoms in total. The topological polar surface area (TPSA) is 119 Å². The number of carbonyl (C=O) groups excluding carboxylic acids is 3. The van der Waals surface area contributed by atoms with Gasteiger partial charge in [-0.3, -0.25) is 14.5 Å². The lowest BCUT2D eigenvalue weighted by molar-refractivity contribution is -0.127. The third-order valence-electron chi connectivity index (χ3n) is 8.67. The Bertz CT molecular complexity index is 1670. The van der Waals surface area contributed by atoms with Gasteiger partial charge in [0, 0.05) is 35.2 Å². The lowest BCUT2D eigenvalue weighted by Crippen LogP contribution is -2.47. The number of aromatic nitrogens is 1.